The van der Waals surface area contributed by atoms with Gasteiger partial charge in [-0.05, 0) is 48.4 Å². The van der Waals surface area contributed by atoms with Gasteiger partial charge in [0.05, 0.1) is 30.8 Å². The Morgan fingerprint density at radius 3 is 2.13 bits per heavy atom. The quantitative estimate of drug-likeness (QED) is 0.604. The molecular formula is C24H22N2O4S. The lowest BCUT2D eigenvalue weighted by molar-refractivity contribution is -0.116. The predicted octanol–water partition coefficient (Wildman–Crippen LogP) is 4.79. The molecule has 1 fully saturated rings. The SMILES string of the molecule is COc1cc(CC2S/C(=N/c3ccccc3)N(c3ccccc3)C2=O)cc(OC)c1O. The van der Waals surface area contributed by atoms with E-state index in [1.807, 2.05) is 60.7 Å². The van der Waals surface area contributed by atoms with Crippen LogP contribution in [0.15, 0.2) is 77.8 Å². The first kappa shape index (κ1) is 20.8. The Hall–Kier alpha value is -3.45. The first-order valence-corrected chi connectivity index (χ1v) is 10.6. The number of phenolic OH excluding ortho intramolecular Hbond substituents is 1. The summed E-state index contributed by atoms with van der Waals surface area (Å²) >= 11 is 1.42. The number of anilines is 1. The molecule has 1 unspecified atom stereocenters. The molecule has 0 aliphatic carbocycles. The second-order valence-electron chi connectivity index (χ2n) is 6.90. The van der Waals surface area contributed by atoms with E-state index in [9.17, 15) is 9.90 Å². The van der Waals surface area contributed by atoms with Gasteiger partial charge in [-0.2, -0.15) is 0 Å². The minimum atomic E-state index is -0.373. The van der Waals surface area contributed by atoms with Gasteiger partial charge in [0.1, 0.15) is 0 Å². The number of carbonyl (C=O) groups is 1. The molecule has 3 aromatic rings. The Morgan fingerprint density at radius 1 is 0.968 bits per heavy atom. The summed E-state index contributed by atoms with van der Waals surface area (Å²) in [6.07, 6.45) is 0.438. The number of hydrogen-bond acceptors (Lipinski definition) is 6. The Labute approximate surface area is 185 Å². The number of amides is 1. The number of thioether (sulfide) groups is 1. The third-order valence-electron chi connectivity index (χ3n) is 4.89. The highest BCUT2D eigenvalue weighted by Crippen LogP contribution is 2.40. The van der Waals surface area contributed by atoms with Gasteiger partial charge >= 0.3 is 0 Å². The van der Waals surface area contributed by atoms with Gasteiger partial charge in [0, 0.05) is 0 Å². The minimum Gasteiger partial charge on any atom is -0.502 e. The van der Waals surface area contributed by atoms with Crippen molar-refractivity contribution in [3.63, 3.8) is 0 Å². The molecule has 1 heterocycles. The van der Waals surface area contributed by atoms with Crippen LogP contribution in [0.4, 0.5) is 11.4 Å². The Morgan fingerprint density at radius 2 is 1.55 bits per heavy atom. The van der Waals surface area contributed by atoms with Gasteiger partial charge in [0.2, 0.25) is 11.7 Å². The molecule has 0 saturated carbocycles. The molecule has 0 aromatic heterocycles. The molecule has 0 bridgehead atoms. The number of para-hydroxylation sites is 2. The van der Waals surface area contributed by atoms with Crippen molar-refractivity contribution in [2.45, 2.75) is 11.7 Å². The van der Waals surface area contributed by atoms with Crippen molar-refractivity contribution in [1.29, 1.82) is 0 Å². The van der Waals surface area contributed by atoms with Crippen molar-refractivity contribution in [3.05, 3.63) is 78.4 Å². The maximum Gasteiger partial charge on any atom is 0.247 e. The van der Waals surface area contributed by atoms with Crippen molar-refractivity contribution < 1.29 is 19.4 Å². The largest absolute Gasteiger partial charge is 0.502 e. The number of amidine groups is 1. The number of benzene rings is 3. The third-order valence-corrected chi connectivity index (χ3v) is 6.03. The van der Waals surface area contributed by atoms with Crippen molar-refractivity contribution in [1.82, 2.24) is 0 Å². The Balaban J connectivity index is 1.69. The van der Waals surface area contributed by atoms with Gasteiger partial charge in [0.25, 0.3) is 0 Å². The topological polar surface area (TPSA) is 71.4 Å². The Kier molecular flexibility index (Phi) is 6.13. The fraction of sp³-hybridized carbons (Fsp3) is 0.167. The van der Waals surface area contributed by atoms with Crippen LogP contribution in [0.1, 0.15) is 5.56 Å². The average molecular weight is 435 g/mol. The number of carbonyl (C=O) groups excluding carboxylic acids is 1. The molecule has 7 heteroatoms. The summed E-state index contributed by atoms with van der Waals surface area (Å²) in [4.78, 5) is 19.8. The normalized spacial score (nSPS) is 17.2. The number of phenols is 1. The predicted molar refractivity (Wildman–Crippen MR) is 124 cm³/mol. The van der Waals surface area contributed by atoms with Crippen molar-refractivity contribution >= 4 is 34.2 Å². The summed E-state index contributed by atoms with van der Waals surface area (Å²) in [5.74, 6) is 0.513. The summed E-state index contributed by atoms with van der Waals surface area (Å²) in [6, 6.07) is 22.5. The molecule has 1 aliphatic rings. The monoisotopic (exact) mass is 434 g/mol. The number of methoxy groups -OCH3 is 2. The van der Waals surface area contributed by atoms with Gasteiger partial charge < -0.3 is 14.6 Å². The van der Waals surface area contributed by atoms with Crippen LogP contribution in [-0.4, -0.2) is 35.7 Å². The van der Waals surface area contributed by atoms with Crippen LogP contribution in [0, 0.1) is 0 Å². The first-order chi connectivity index (χ1) is 15.1. The van der Waals surface area contributed by atoms with Crippen LogP contribution in [0.2, 0.25) is 0 Å². The number of nitrogens with zero attached hydrogens (tertiary/aromatic N) is 2. The number of aromatic hydroxyl groups is 1. The first-order valence-electron chi connectivity index (χ1n) is 9.74. The van der Waals surface area contributed by atoms with Gasteiger partial charge in [0.15, 0.2) is 16.7 Å². The lowest BCUT2D eigenvalue weighted by Gasteiger charge is -2.16. The highest BCUT2D eigenvalue weighted by Gasteiger charge is 2.39. The Bertz CT molecular complexity index is 1080. The lowest BCUT2D eigenvalue weighted by atomic mass is 10.1. The number of rotatable bonds is 6. The van der Waals surface area contributed by atoms with Gasteiger partial charge in [-0.3, -0.25) is 9.69 Å². The van der Waals surface area contributed by atoms with Crippen LogP contribution < -0.4 is 14.4 Å². The molecule has 1 saturated heterocycles. The van der Waals surface area contributed by atoms with E-state index < -0.39 is 0 Å². The zero-order chi connectivity index (χ0) is 21.8. The molecule has 1 N–H and O–H groups in total. The summed E-state index contributed by atoms with van der Waals surface area (Å²) in [7, 11) is 2.96. The summed E-state index contributed by atoms with van der Waals surface area (Å²) in [5, 5.41) is 10.4. The van der Waals surface area contributed by atoms with Gasteiger partial charge in [-0.25, -0.2) is 4.99 Å². The molecule has 158 valence electrons. The number of aliphatic imine (C=N–C) groups is 1. The second kappa shape index (κ2) is 9.14. The maximum absolute atomic E-state index is 13.4. The van der Waals surface area contributed by atoms with Crippen LogP contribution >= 0.6 is 11.8 Å². The van der Waals surface area contributed by atoms with Crippen molar-refractivity contribution in [2.24, 2.45) is 4.99 Å². The van der Waals surface area contributed by atoms with E-state index in [-0.39, 0.29) is 16.9 Å². The van der Waals surface area contributed by atoms with E-state index in [0.717, 1.165) is 16.9 Å². The zero-order valence-corrected chi connectivity index (χ0v) is 18.0. The van der Waals surface area contributed by atoms with E-state index in [1.165, 1.54) is 26.0 Å². The van der Waals surface area contributed by atoms with Gasteiger partial charge in [-0.15, -0.1) is 0 Å². The third kappa shape index (κ3) is 4.36. The van der Waals surface area contributed by atoms with Crippen LogP contribution in [0.3, 0.4) is 0 Å². The molecule has 1 atom stereocenters. The fourth-order valence-electron chi connectivity index (χ4n) is 3.38. The zero-order valence-electron chi connectivity index (χ0n) is 17.2. The summed E-state index contributed by atoms with van der Waals surface area (Å²) in [5.41, 5.74) is 2.39. The highest BCUT2D eigenvalue weighted by molar-refractivity contribution is 8.16. The number of ether oxygens (including phenoxy) is 2. The molecule has 1 amide bonds. The van der Waals surface area contributed by atoms with Crippen molar-refractivity contribution in [2.75, 3.05) is 19.1 Å². The standard InChI is InChI=1S/C24H22N2O4S/c1-29-19-13-16(14-20(30-2)22(19)27)15-21-23(28)26(18-11-7-4-8-12-18)24(31-21)25-17-9-5-3-6-10-17/h3-14,21,27H,15H2,1-2H3/b25-24+. The molecule has 0 spiro atoms. The van der Waals surface area contributed by atoms with E-state index in [2.05, 4.69) is 0 Å². The van der Waals surface area contributed by atoms with E-state index in [1.54, 1.807) is 17.0 Å². The molecule has 1 aliphatic heterocycles. The van der Waals surface area contributed by atoms with Crippen molar-refractivity contribution in [3.8, 4) is 17.2 Å². The molecule has 4 rings (SSSR count). The smallest absolute Gasteiger partial charge is 0.247 e. The maximum atomic E-state index is 13.4. The van der Waals surface area contributed by atoms with E-state index >= 15 is 0 Å². The van der Waals surface area contributed by atoms with Crippen LogP contribution in [-0.2, 0) is 11.2 Å². The minimum absolute atomic E-state index is 0.0445. The molecule has 6 nitrogen and oxygen atoms in total. The highest BCUT2D eigenvalue weighted by atomic mass is 32.2. The lowest BCUT2D eigenvalue weighted by Crippen LogP contribution is -2.32. The van der Waals surface area contributed by atoms with E-state index in [4.69, 9.17) is 14.5 Å². The fourth-order valence-corrected chi connectivity index (χ4v) is 4.58. The second-order valence-corrected chi connectivity index (χ2v) is 8.07. The van der Waals surface area contributed by atoms with Crippen LogP contribution in [0.25, 0.3) is 0 Å². The molecular weight excluding hydrogens is 412 g/mol. The number of hydrogen-bond donors (Lipinski definition) is 1. The molecule has 3 aromatic carbocycles. The van der Waals surface area contributed by atoms with E-state index in [0.29, 0.717) is 23.1 Å². The van der Waals surface area contributed by atoms with Gasteiger partial charge in [-0.1, -0.05) is 48.2 Å². The average Bonchev–Trinajstić information content (AvgIpc) is 3.10. The van der Waals surface area contributed by atoms with Crippen LogP contribution in [0.5, 0.6) is 17.2 Å². The molecule has 31 heavy (non-hydrogen) atoms. The summed E-state index contributed by atoms with van der Waals surface area (Å²) < 4.78 is 10.5. The summed E-state index contributed by atoms with van der Waals surface area (Å²) in [6.45, 7) is 0. The molecule has 0 radical (unpaired) electrons.